The molecule has 0 spiro atoms. The summed E-state index contributed by atoms with van der Waals surface area (Å²) in [6, 6.07) is 4.20. The number of nitrogens with one attached hydrogen (secondary N) is 1. The van der Waals surface area contributed by atoms with Crippen molar-refractivity contribution in [3.8, 4) is 0 Å². The van der Waals surface area contributed by atoms with Crippen molar-refractivity contribution in [2.24, 2.45) is 0 Å². The van der Waals surface area contributed by atoms with Crippen LogP contribution in [0.2, 0.25) is 0 Å². The van der Waals surface area contributed by atoms with Crippen molar-refractivity contribution in [1.29, 1.82) is 0 Å². The number of pyridine rings is 1. The molecule has 0 aliphatic carbocycles. The van der Waals surface area contributed by atoms with Crippen LogP contribution in [-0.4, -0.2) is 11.5 Å². The predicted molar refractivity (Wildman–Crippen MR) is 83.3 cm³/mol. The first kappa shape index (κ1) is 16.2. The fourth-order valence-electron chi connectivity index (χ4n) is 2.37. The maximum absolute atomic E-state index is 4.45. The summed E-state index contributed by atoms with van der Waals surface area (Å²) in [7, 11) is 0. The average molecular weight is 262 g/mol. The Morgan fingerprint density at radius 1 is 1.00 bits per heavy atom. The summed E-state index contributed by atoms with van der Waals surface area (Å²) in [5.41, 5.74) is 2.59. The van der Waals surface area contributed by atoms with E-state index in [-0.39, 0.29) is 0 Å². The van der Waals surface area contributed by atoms with Gasteiger partial charge in [0, 0.05) is 12.7 Å². The Labute approximate surface area is 119 Å². The molecule has 1 aromatic heterocycles. The van der Waals surface area contributed by atoms with Gasteiger partial charge in [-0.3, -0.25) is 4.98 Å². The molecule has 0 aliphatic heterocycles. The summed E-state index contributed by atoms with van der Waals surface area (Å²) in [5, 5.41) is 3.52. The molecular formula is C17H30N2. The van der Waals surface area contributed by atoms with Crippen LogP contribution in [0.4, 0.5) is 0 Å². The van der Waals surface area contributed by atoms with Crippen molar-refractivity contribution in [2.75, 3.05) is 6.54 Å². The number of rotatable bonds is 11. The Morgan fingerprint density at radius 3 is 2.47 bits per heavy atom. The Hall–Kier alpha value is -0.890. The molecule has 0 bridgehead atoms. The number of aryl methyl sites for hydroxylation is 1. The number of nitrogens with zero attached hydrogens (tertiary/aromatic N) is 1. The van der Waals surface area contributed by atoms with Gasteiger partial charge < -0.3 is 5.32 Å². The van der Waals surface area contributed by atoms with Crippen LogP contribution in [0.25, 0.3) is 0 Å². The predicted octanol–water partition coefficient (Wildman–Crippen LogP) is 4.48. The molecule has 19 heavy (non-hydrogen) atoms. The topological polar surface area (TPSA) is 24.9 Å². The quantitative estimate of drug-likeness (QED) is 0.595. The van der Waals surface area contributed by atoms with E-state index in [1.165, 1.54) is 56.2 Å². The average Bonchev–Trinajstić information content (AvgIpc) is 2.46. The summed E-state index contributed by atoms with van der Waals surface area (Å²) >= 11 is 0. The summed E-state index contributed by atoms with van der Waals surface area (Å²) in [6.45, 7) is 6.50. The zero-order chi connectivity index (χ0) is 13.8. The van der Waals surface area contributed by atoms with Gasteiger partial charge in [0.25, 0.3) is 0 Å². The zero-order valence-corrected chi connectivity index (χ0v) is 12.8. The van der Waals surface area contributed by atoms with Crippen LogP contribution < -0.4 is 5.32 Å². The molecule has 2 nitrogen and oxygen atoms in total. The van der Waals surface area contributed by atoms with Crippen molar-refractivity contribution in [2.45, 2.75) is 71.8 Å². The maximum Gasteiger partial charge on any atom is 0.0573 e. The third-order valence-corrected chi connectivity index (χ3v) is 3.61. The molecule has 1 heterocycles. The van der Waals surface area contributed by atoms with Crippen LogP contribution in [0.1, 0.15) is 70.1 Å². The lowest BCUT2D eigenvalue weighted by Crippen LogP contribution is -2.16. The lowest BCUT2D eigenvalue weighted by molar-refractivity contribution is 0.559. The van der Waals surface area contributed by atoms with E-state index in [1.54, 1.807) is 0 Å². The fourth-order valence-corrected chi connectivity index (χ4v) is 2.37. The van der Waals surface area contributed by atoms with Crippen LogP contribution in [0.3, 0.4) is 0 Å². The first-order valence-electron chi connectivity index (χ1n) is 8.02. The smallest absolute Gasteiger partial charge is 0.0573 e. The number of unbranched alkanes of at least 4 members (excludes halogenated alkanes) is 6. The van der Waals surface area contributed by atoms with E-state index in [9.17, 15) is 0 Å². The molecule has 108 valence electrons. The van der Waals surface area contributed by atoms with Gasteiger partial charge in [0.1, 0.15) is 0 Å². The van der Waals surface area contributed by atoms with Gasteiger partial charge in [-0.15, -0.1) is 0 Å². The minimum atomic E-state index is 0.917. The second kappa shape index (κ2) is 11.0. The lowest BCUT2D eigenvalue weighted by Gasteiger charge is -2.08. The van der Waals surface area contributed by atoms with E-state index in [2.05, 4.69) is 30.2 Å². The van der Waals surface area contributed by atoms with Gasteiger partial charge in [-0.25, -0.2) is 0 Å². The standard InChI is InChI=1S/C17H30N2/c1-3-5-6-7-8-9-10-13-18-15-17-16(4-2)12-11-14-19-17/h11-12,14,18H,3-10,13,15H2,1-2H3. The van der Waals surface area contributed by atoms with Crippen molar-refractivity contribution in [3.05, 3.63) is 29.6 Å². The third-order valence-electron chi connectivity index (χ3n) is 3.61. The SMILES string of the molecule is CCCCCCCCCNCc1ncccc1CC. The Balaban J connectivity index is 2.01. The molecule has 0 fully saturated rings. The van der Waals surface area contributed by atoms with E-state index in [1.807, 2.05) is 12.3 Å². The highest BCUT2D eigenvalue weighted by Crippen LogP contribution is 2.07. The number of hydrogen-bond acceptors (Lipinski definition) is 2. The summed E-state index contributed by atoms with van der Waals surface area (Å²) in [6.07, 6.45) is 12.6. The lowest BCUT2D eigenvalue weighted by atomic mass is 10.1. The first-order valence-corrected chi connectivity index (χ1v) is 8.02. The molecule has 1 N–H and O–H groups in total. The van der Waals surface area contributed by atoms with E-state index in [0.29, 0.717) is 0 Å². The largest absolute Gasteiger partial charge is 0.311 e. The Bertz CT molecular complexity index is 323. The van der Waals surface area contributed by atoms with Gasteiger partial charge in [0.15, 0.2) is 0 Å². The van der Waals surface area contributed by atoms with Crippen LogP contribution in [0, 0.1) is 0 Å². The second-order valence-corrected chi connectivity index (χ2v) is 5.26. The molecule has 1 rings (SSSR count). The molecule has 0 aromatic carbocycles. The highest BCUT2D eigenvalue weighted by molar-refractivity contribution is 5.19. The second-order valence-electron chi connectivity index (χ2n) is 5.26. The molecule has 2 heteroatoms. The van der Waals surface area contributed by atoms with Gasteiger partial charge in [-0.1, -0.05) is 58.4 Å². The van der Waals surface area contributed by atoms with Crippen LogP contribution in [-0.2, 0) is 13.0 Å². The first-order chi connectivity index (χ1) is 9.38. The Morgan fingerprint density at radius 2 is 1.74 bits per heavy atom. The van der Waals surface area contributed by atoms with Crippen LogP contribution >= 0.6 is 0 Å². The minimum Gasteiger partial charge on any atom is -0.311 e. The number of hydrogen-bond donors (Lipinski definition) is 1. The van der Waals surface area contributed by atoms with Crippen molar-refractivity contribution in [3.63, 3.8) is 0 Å². The number of aromatic nitrogens is 1. The van der Waals surface area contributed by atoms with Gasteiger partial charge in [0.2, 0.25) is 0 Å². The molecular weight excluding hydrogens is 232 g/mol. The zero-order valence-electron chi connectivity index (χ0n) is 12.8. The molecule has 0 amide bonds. The highest BCUT2D eigenvalue weighted by Gasteiger charge is 2.00. The third kappa shape index (κ3) is 7.31. The van der Waals surface area contributed by atoms with Crippen LogP contribution in [0.5, 0.6) is 0 Å². The van der Waals surface area contributed by atoms with Crippen molar-refractivity contribution in [1.82, 2.24) is 10.3 Å². The van der Waals surface area contributed by atoms with Crippen LogP contribution in [0.15, 0.2) is 18.3 Å². The van der Waals surface area contributed by atoms with Gasteiger partial charge in [-0.2, -0.15) is 0 Å². The molecule has 1 aromatic rings. The van der Waals surface area contributed by atoms with E-state index in [0.717, 1.165) is 19.5 Å². The van der Waals surface area contributed by atoms with Crippen molar-refractivity contribution >= 4 is 0 Å². The molecule has 0 atom stereocenters. The summed E-state index contributed by atoms with van der Waals surface area (Å²) < 4.78 is 0. The van der Waals surface area contributed by atoms with Gasteiger partial charge >= 0.3 is 0 Å². The molecule has 0 aliphatic rings. The monoisotopic (exact) mass is 262 g/mol. The minimum absolute atomic E-state index is 0.917. The molecule has 0 saturated carbocycles. The summed E-state index contributed by atoms with van der Waals surface area (Å²) in [4.78, 5) is 4.45. The fraction of sp³-hybridized carbons (Fsp3) is 0.706. The van der Waals surface area contributed by atoms with E-state index in [4.69, 9.17) is 0 Å². The highest BCUT2D eigenvalue weighted by atomic mass is 14.9. The maximum atomic E-state index is 4.45. The van der Waals surface area contributed by atoms with Gasteiger partial charge in [-0.05, 0) is 31.0 Å². The molecule has 0 saturated heterocycles. The van der Waals surface area contributed by atoms with Crippen molar-refractivity contribution < 1.29 is 0 Å². The normalized spacial score (nSPS) is 10.8. The van der Waals surface area contributed by atoms with Gasteiger partial charge in [0.05, 0.1) is 5.69 Å². The molecule has 0 unspecified atom stereocenters. The van der Waals surface area contributed by atoms with E-state index < -0.39 is 0 Å². The Kier molecular flexibility index (Phi) is 9.34. The summed E-state index contributed by atoms with van der Waals surface area (Å²) in [5.74, 6) is 0. The molecule has 0 radical (unpaired) electrons. The van der Waals surface area contributed by atoms with E-state index >= 15 is 0 Å².